The molecule has 112 valence electrons. The molecule has 1 aromatic rings. The molecule has 1 fully saturated rings. The molecule has 2 rings (SSSR count). The molecule has 0 aliphatic heterocycles. The van der Waals surface area contributed by atoms with Gasteiger partial charge in [-0.25, -0.2) is 4.39 Å². The van der Waals surface area contributed by atoms with Gasteiger partial charge in [0.15, 0.2) is 0 Å². The topological polar surface area (TPSA) is 21.3 Å². The minimum Gasteiger partial charge on any atom is -0.378 e. The number of benzene rings is 1. The van der Waals surface area contributed by atoms with Gasteiger partial charge >= 0.3 is 0 Å². The number of aryl methyl sites for hydroxylation is 1. The predicted octanol–water partition coefficient (Wildman–Crippen LogP) is 3.99. The summed E-state index contributed by atoms with van der Waals surface area (Å²) >= 11 is 0. The van der Waals surface area contributed by atoms with Crippen LogP contribution in [0.5, 0.6) is 0 Å². The van der Waals surface area contributed by atoms with E-state index in [0.717, 1.165) is 18.6 Å². The molecule has 1 aliphatic carbocycles. The Balaban J connectivity index is 1.99. The minimum atomic E-state index is -0.129. The second-order valence-electron chi connectivity index (χ2n) is 6.45. The number of nitrogens with one attached hydrogen (secondary N) is 1. The third-order valence-corrected chi connectivity index (χ3v) is 4.69. The van der Waals surface area contributed by atoms with Crippen LogP contribution in [0.3, 0.4) is 0 Å². The molecule has 1 N–H and O–H groups in total. The lowest BCUT2D eigenvalue weighted by molar-refractivity contribution is -0.116. The fraction of sp³-hybridized carbons (Fsp3) is 0.647. The van der Waals surface area contributed by atoms with Gasteiger partial charge in [0, 0.05) is 24.1 Å². The molecule has 0 bridgehead atoms. The first-order valence-electron chi connectivity index (χ1n) is 7.50. The Morgan fingerprint density at radius 3 is 2.70 bits per heavy atom. The van der Waals surface area contributed by atoms with Crippen LogP contribution in [-0.2, 0) is 4.74 Å². The molecular weight excluding hydrogens is 253 g/mol. The highest BCUT2D eigenvalue weighted by atomic mass is 19.1. The summed E-state index contributed by atoms with van der Waals surface area (Å²) in [6.07, 6.45) is 1.35. The lowest BCUT2D eigenvalue weighted by atomic mass is 9.64. The first-order valence-corrected chi connectivity index (χ1v) is 7.50. The summed E-state index contributed by atoms with van der Waals surface area (Å²) in [7, 11) is 0. The molecule has 3 heteroatoms. The summed E-state index contributed by atoms with van der Waals surface area (Å²) in [6.45, 7) is 11.1. The maximum Gasteiger partial charge on any atom is 0.126 e. The third kappa shape index (κ3) is 2.89. The van der Waals surface area contributed by atoms with Gasteiger partial charge in [0.2, 0.25) is 0 Å². The van der Waals surface area contributed by atoms with Crippen LogP contribution in [0.4, 0.5) is 4.39 Å². The zero-order valence-electron chi connectivity index (χ0n) is 13.2. The molecule has 2 nitrogen and oxygen atoms in total. The maximum atomic E-state index is 13.6. The van der Waals surface area contributed by atoms with Crippen LogP contribution in [0.25, 0.3) is 0 Å². The average molecular weight is 279 g/mol. The summed E-state index contributed by atoms with van der Waals surface area (Å²) in [5, 5.41) is 3.61. The Hall–Kier alpha value is -0.930. The number of halogens is 1. The Bertz CT molecular complexity index is 472. The van der Waals surface area contributed by atoms with E-state index in [4.69, 9.17) is 4.74 Å². The molecule has 1 aliphatic rings. The van der Waals surface area contributed by atoms with Gasteiger partial charge in [0.25, 0.3) is 0 Å². The summed E-state index contributed by atoms with van der Waals surface area (Å²) in [6, 6.07) is 6.05. The number of rotatable bonds is 5. The van der Waals surface area contributed by atoms with E-state index in [0.29, 0.717) is 17.7 Å². The highest BCUT2D eigenvalue weighted by Gasteiger charge is 2.49. The van der Waals surface area contributed by atoms with E-state index in [1.807, 2.05) is 19.1 Å². The molecule has 0 heterocycles. The monoisotopic (exact) mass is 279 g/mol. The third-order valence-electron chi connectivity index (χ3n) is 4.69. The minimum absolute atomic E-state index is 0.129. The first kappa shape index (κ1) is 15.5. The summed E-state index contributed by atoms with van der Waals surface area (Å²) < 4.78 is 19.4. The summed E-state index contributed by atoms with van der Waals surface area (Å²) in [5.74, 6) is -0.129. The number of ether oxygens (including phenoxy) is 1. The van der Waals surface area contributed by atoms with Crippen LogP contribution in [0.15, 0.2) is 18.2 Å². The molecule has 20 heavy (non-hydrogen) atoms. The Kier molecular flexibility index (Phi) is 4.50. The first-order chi connectivity index (χ1) is 9.36. The van der Waals surface area contributed by atoms with Crippen molar-refractivity contribution in [2.75, 3.05) is 6.61 Å². The van der Waals surface area contributed by atoms with Crippen LogP contribution in [0, 0.1) is 18.2 Å². The molecule has 1 saturated carbocycles. The van der Waals surface area contributed by atoms with E-state index in [1.165, 1.54) is 0 Å². The van der Waals surface area contributed by atoms with Gasteiger partial charge in [0.1, 0.15) is 5.82 Å². The zero-order valence-corrected chi connectivity index (χ0v) is 13.2. The van der Waals surface area contributed by atoms with Crippen molar-refractivity contribution in [1.82, 2.24) is 5.32 Å². The molecule has 0 saturated heterocycles. The molecule has 3 unspecified atom stereocenters. The van der Waals surface area contributed by atoms with Crippen molar-refractivity contribution >= 4 is 0 Å². The second kappa shape index (κ2) is 5.82. The molecule has 0 radical (unpaired) electrons. The lowest BCUT2D eigenvalue weighted by Gasteiger charge is -2.52. The molecule has 3 atom stereocenters. The molecule has 0 aromatic heterocycles. The van der Waals surface area contributed by atoms with E-state index in [9.17, 15) is 4.39 Å². The zero-order chi connectivity index (χ0) is 14.9. The molecule has 0 spiro atoms. The predicted molar refractivity (Wildman–Crippen MR) is 80.3 cm³/mol. The summed E-state index contributed by atoms with van der Waals surface area (Å²) in [4.78, 5) is 0. The summed E-state index contributed by atoms with van der Waals surface area (Å²) in [5.41, 5.74) is 1.83. The quantitative estimate of drug-likeness (QED) is 0.880. The fourth-order valence-electron chi connectivity index (χ4n) is 2.93. The van der Waals surface area contributed by atoms with Gasteiger partial charge in [-0.3, -0.25) is 0 Å². The van der Waals surface area contributed by atoms with Gasteiger partial charge in [-0.1, -0.05) is 26.0 Å². The SMILES string of the molecule is CCOC1CC(NC(C)c2ccc(C)c(F)c2)C1(C)C. The van der Waals surface area contributed by atoms with Crippen LogP contribution in [-0.4, -0.2) is 18.8 Å². The standard InChI is InChI=1S/C17H26FNO/c1-6-20-16-10-15(17(16,4)5)19-12(3)13-8-7-11(2)14(18)9-13/h7-9,12,15-16,19H,6,10H2,1-5H3. The van der Waals surface area contributed by atoms with Crippen LogP contribution >= 0.6 is 0 Å². The van der Waals surface area contributed by atoms with Crippen molar-refractivity contribution < 1.29 is 9.13 Å². The van der Waals surface area contributed by atoms with Crippen molar-refractivity contribution in [1.29, 1.82) is 0 Å². The number of hydrogen-bond acceptors (Lipinski definition) is 2. The fourth-order valence-corrected chi connectivity index (χ4v) is 2.93. The molecule has 1 aromatic carbocycles. The van der Waals surface area contributed by atoms with Crippen molar-refractivity contribution in [3.05, 3.63) is 35.1 Å². The Morgan fingerprint density at radius 1 is 1.45 bits per heavy atom. The van der Waals surface area contributed by atoms with Gasteiger partial charge in [0.05, 0.1) is 6.10 Å². The number of hydrogen-bond donors (Lipinski definition) is 1. The maximum absolute atomic E-state index is 13.6. The van der Waals surface area contributed by atoms with Gasteiger partial charge in [-0.05, 0) is 44.4 Å². The van der Waals surface area contributed by atoms with Crippen LogP contribution in [0.1, 0.15) is 51.3 Å². The lowest BCUT2D eigenvalue weighted by Crippen LogP contribution is -2.61. The largest absolute Gasteiger partial charge is 0.378 e. The Morgan fingerprint density at radius 2 is 2.15 bits per heavy atom. The van der Waals surface area contributed by atoms with E-state index in [2.05, 4.69) is 26.1 Å². The highest BCUT2D eigenvalue weighted by molar-refractivity contribution is 5.25. The van der Waals surface area contributed by atoms with Crippen molar-refractivity contribution in [2.45, 2.75) is 59.2 Å². The average Bonchev–Trinajstić information content (AvgIpc) is 2.40. The van der Waals surface area contributed by atoms with Crippen molar-refractivity contribution in [3.63, 3.8) is 0 Å². The van der Waals surface area contributed by atoms with Gasteiger partial charge in [-0.2, -0.15) is 0 Å². The van der Waals surface area contributed by atoms with Crippen LogP contribution < -0.4 is 5.32 Å². The molecule has 0 amide bonds. The van der Waals surface area contributed by atoms with E-state index < -0.39 is 0 Å². The molecular formula is C17H26FNO. The smallest absolute Gasteiger partial charge is 0.126 e. The van der Waals surface area contributed by atoms with Crippen molar-refractivity contribution in [2.24, 2.45) is 5.41 Å². The van der Waals surface area contributed by atoms with E-state index in [-0.39, 0.29) is 17.3 Å². The normalized spacial score (nSPS) is 26.1. The van der Waals surface area contributed by atoms with Gasteiger partial charge < -0.3 is 10.1 Å². The van der Waals surface area contributed by atoms with Crippen molar-refractivity contribution in [3.8, 4) is 0 Å². The van der Waals surface area contributed by atoms with E-state index >= 15 is 0 Å². The highest BCUT2D eigenvalue weighted by Crippen LogP contribution is 2.43. The second-order valence-corrected chi connectivity index (χ2v) is 6.45. The van der Waals surface area contributed by atoms with Gasteiger partial charge in [-0.15, -0.1) is 0 Å². The van der Waals surface area contributed by atoms with Crippen LogP contribution in [0.2, 0.25) is 0 Å². The van der Waals surface area contributed by atoms with E-state index in [1.54, 1.807) is 13.0 Å². The Labute approximate surface area is 121 Å².